The first kappa shape index (κ1) is 22.3. The molecule has 0 fully saturated rings. The summed E-state index contributed by atoms with van der Waals surface area (Å²) in [4.78, 5) is 0. The first-order valence-electron chi connectivity index (χ1n) is 13.1. The number of hydrogen-bond donors (Lipinski definition) is 1. The van der Waals surface area contributed by atoms with Crippen LogP contribution in [0.5, 0.6) is 0 Å². The summed E-state index contributed by atoms with van der Waals surface area (Å²) < 4.78 is 0. The summed E-state index contributed by atoms with van der Waals surface area (Å²) in [6.45, 7) is 0. The fraction of sp³-hybridized carbons (Fsp3) is 0.0270. The average Bonchev–Trinajstić information content (AvgIpc) is 3.01. The van der Waals surface area contributed by atoms with Crippen LogP contribution in [0.1, 0.15) is 22.7 Å². The maximum Gasteiger partial charge on any atom is 0.0707 e. The zero-order chi connectivity index (χ0) is 25.3. The summed E-state index contributed by atoms with van der Waals surface area (Å²) >= 11 is 0. The van der Waals surface area contributed by atoms with Crippen LogP contribution in [0.3, 0.4) is 0 Å². The van der Waals surface area contributed by atoms with Crippen molar-refractivity contribution in [2.24, 2.45) is 0 Å². The molecule has 180 valence electrons. The fourth-order valence-corrected chi connectivity index (χ4v) is 5.49. The molecule has 1 nitrogen and oxygen atoms in total. The Morgan fingerprint density at radius 3 is 1.87 bits per heavy atom. The molecule has 6 aromatic carbocycles. The van der Waals surface area contributed by atoms with Crippen LogP contribution in [-0.4, -0.2) is 0 Å². The zero-order valence-electron chi connectivity index (χ0n) is 21.0. The van der Waals surface area contributed by atoms with Crippen molar-refractivity contribution in [1.82, 2.24) is 5.32 Å². The van der Waals surface area contributed by atoms with E-state index in [-0.39, 0.29) is 6.04 Å². The summed E-state index contributed by atoms with van der Waals surface area (Å²) in [5.74, 6) is 0. The number of benzene rings is 6. The highest BCUT2D eigenvalue weighted by Gasteiger charge is 2.18. The molecule has 1 aliphatic rings. The van der Waals surface area contributed by atoms with Crippen molar-refractivity contribution in [3.05, 3.63) is 168 Å². The van der Waals surface area contributed by atoms with Crippen molar-refractivity contribution in [3.8, 4) is 11.1 Å². The molecule has 1 atom stereocenters. The Hall–Kier alpha value is -4.88. The van der Waals surface area contributed by atoms with E-state index in [1.807, 2.05) is 0 Å². The molecular formula is C37H27N. The van der Waals surface area contributed by atoms with E-state index in [9.17, 15) is 0 Å². The molecule has 0 bridgehead atoms. The lowest BCUT2D eigenvalue weighted by atomic mass is 9.91. The van der Waals surface area contributed by atoms with Gasteiger partial charge in [0, 0.05) is 5.70 Å². The first-order chi connectivity index (χ1) is 18.8. The number of nitrogens with one attached hydrogen (secondary N) is 1. The van der Waals surface area contributed by atoms with Crippen molar-refractivity contribution < 1.29 is 0 Å². The van der Waals surface area contributed by atoms with E-state index in [1.54, 1.807) is 0 Å². The minimum absolute atomic E-state index is 0.0901. The molecule has 0 amide bonds. The Labute approximate surface area is 223 Å². The Kier molecular flexibility index (Phi) is 5.60. The van der Waals surface area contributed by atoms with Gasteiger partial charge in [-0.25, -0.2) is 0 Å². The van der Waals surface area contributed by atoms with Crippen LogP contribution in [0, 0.1) is 0 Å². The largest absolute Gasteiger partial charge is 0.374 e. The van der Waals surface area contributed by atoms with Crippen LogP contribution in [-0.2, 0) is 0 Å². The molecule has 7 rings (SSSR count). The molecule has 6 aromatic rings. The van der Waals surface area contributed by atoms with Crippen LogP contribution in [0.25, 0.3) is 43.9 Å². The predicted octanol–water partition coefficient (Wildman–Crippen LogP) is 9.43. The van der Waals surface area contributed by atoms with Gasteiger partial charge < -0.3 is 5.32 Å². The van der Waals surface area contributed by atoms with Crippen LogP contribution >= 0.6 is 0 Å². The number of allylic oxidation sites excluding steroid dienone is 2. The van der Waals surface area contributed by atoms with Gasteiger partial charge >= 0.3 is 0 Å². The lowest BCUT2D eigenvalue weighted by Gasteiger charge is -2.26. The van der Waals surface area contributed by atoms with Crippen LogP contribution < -0.4 is 5.32 Å². The highest BCUT2D eigenvalue weighted by molar-refractivity contribution is 6.08. The molecule has 0 spiro atoms. The second-order valence-corrected chi connectivity index (χ2v) is 9.88. The van der Waals surface area contributed by atoms with E-state index in [1.165, 1.54) is 54.9 Å². The van der Waals surface area contributed by atoms with Crippen LogP contribution in [0.2, 0.25) is 0 Å². The topological polar surface area (TPSA) is 12.0 Å². The minimum atomic E-state index is 0.0901. The SMILES string of the molecule is C1=C(c2ccc3c(ccc4ccccc43)c2)C=C(c2ccc(-c3ccccc3)cc2)NC1c1ccccc1. The normalized spacial score (nSPS) is 15.1. The second-order valence-electron chi connectivity index (χ2n) is 9.88. The van der Waals surface area contributed by atoms with Gasteiger partial charge in [-0.3, -0.25) is 0 Å². The van der Waals surface area contributed by atoms with Crippen molar-refractivity contribution in [3.63, 3.8) is 0 Å². The average molecular weight is 486 g/mol. The Bertz CT molecular complexity index is 1810. The Balaban J connectivity index is 1.31. The smallest absolute Gasteiger partial charge is 0.0707 e. The van der Waals surface area contributed by atoms with Gasteiger partial charge in [0.1, 0.15) is 0 Å². The third kappa shape index (κ3) is 4.19. The maximum atomic E-state index is 3.79. The Morgan fingerprint density at radius 1 is 0.447 bits per heavy atom. The van der Waals surface area contributed by atoms with Crippen molar-refractivity contribution >= 4 is 32.8 Å². The summed E-state index contributed by atoms with van der Waals surface area (Å²) in [5.41, 5.74) is 8.49. The molecule has 0 saturated heterocycles. The van der Waals surface area contributed by atoms with E-state index < -0.39 is 0 Å². The van der Waals surface area contributed by atoms with E-state index in [0.29, 0.717) is 0 Å². The predicted molar refractivity (Wildman–Crippen MR) is 162 cm³/mol. The first-order valence-corrected chi connectivity index (χ1v) is 13.1. The number of dihydropyridines is 1. The summed E-state index contributed by atoms with van der Waals surface area (Å²) in [5, 5.41) is 8.92. The van der Waals surface area contributed by atoms with Crippen LogP contribution in [0.15, 0.2) is 152 Å². The molecule has 38 heavy (non-hydrogen) atoms. The van der Waals surface area contributed by atoms with Gasteiger partial charge in [-0.2, -0.15) is 0 Å². The molecule has 1 aliphatic heterocycles. The highest BCUT2D eigenvalue weighted by atomic mass is 14.9. The quantitative estimate of drug-likeness (QED) is 0.245. The molecule has 1 heteroatoms. The molecule has 0 aromatic heterocycles. The fourth-order valence-electron chi connectivity index (χ4n) is 5.49. The Morgan fingerprint density at radius 2 is 1.05 bits per heavy atom. The van der Waals surface area contributed by atoms with Crippen molar-refractivity contribution in [1.29, 1.82) is 0 Å². The molecular weight excluding hydrogens is 458 g/mol. The molecule has 1 N–H and O–H groups in total. The summed E-state index contributed by atoms with van der Waals surface area (Å²) in [7, 11) is 0. The maximum absolute atomic E-state index is 3.79. The van der Waals surface area contributed by atoms with Gasteiger partial charge in [0.15, 0.2) is 0 Å². The lowest BCUT2D eigenvalue weighted by molar-refractivity contribution is 0.767. The van der Waals surface area contributed by atoms with Gasteiger partial charge in [0.05, 0.1) is 6.04 Å². The van der Waals surface area contributed by atoms with E-state index in [0.717, 1.165) is 5.70 Å². The summed E-state index contributed by atoms with van der Waals surface area (Å²) in [6, 6.07) is 50.1. The van der Waals surface area contributed by atoms with Crippen molar-refractivity contribution in [2.45, 2.75) is 6.04 Å². The molecule has 0 radical (unpaired) electrons. The van der Waals surface area contributed by atoms with Gasteiger partial charge in [-0.1, -0.05) is 133 Å². The van der Waals surface area contributed by atoms with Gasteiger partial charge in [-0.15, -0.1) is 0 Å². The standard InChI is InChI=1S/C37H27N/c1-3-9-26(10-4-1)27-15-18-30(19-16-27)37-25-33(24-36(38-37)29-12-5-2-6-13-29)31-21-22-35-32(23-31)20-17-28-11-7-8-14-34(28)35/h1-25,36,38H. The van der Waals surface area contributed by atoms with Crippen molar-refractivity contribution in [2.75, 3.05) is 0 Å². The van der Waals surface area contributed by atoms with E-state index in [2.05, 4.69) is 157 Å². The molecule has 0 aliphatic carbocycles. The monoisotopic (exact) mass is 485 g/mol. The lowest BCUT2D eigenvalue weighted by Crippen LogP contribution is -2.21. The molecule has 0 saturated carbocycles. The number of fused-ring (bicyclic) bond motifs is 3. The third-order valence-electron chi connectivity index (χ3n) is 7.50. The van der Waals surface area contributed by atoms with E-state index in [4.69, 9.17) is 0 Å². The van der Waals surface area contributed by atoms with Crippen LogP contribution in [0.4, 0.5) is 0 Å². The highest BCUT2D eigenvalue weighted by Crippen LogP contribution is 2.35. The van der Waals surface area contributed by atoms with E-state index >= 15 is 0 Å². The third-order valence-corrected chi connectivity index (χ3v) is 7.50. The second kappa shape index (κ2) is 9.53. The minimum Gasteiger partial charge on any atom is -0.374 e. The molecule has 1 unspecified atom stereocenters. The summed E-state index contributed by atoms with van der Waals surface area (Å²) in [6.07, 6.45) is 4.64. The van der Waals surface area contributed by atoms with Gasteiger partial charge in [0.25, 0.3) is 0 Å². The number of hydrogen-bond acceptors (Lipinski definition) is 1. The number of rotatable bonds is 4. The zero-order valence-corrected chi connectivity index (χ0v) is 21.0. The molecule has 1 heterocycles. The van der Waals surface area contributed by atoms with Gasteiger partial charge in [0.2, 0.25) is 0 Å². The van der Waals surface area contributed by atoms with Gasteiger partial charge in [-0.05, 0) is 73.2 Å².